The second-order valence-electron chi connectivity index (χ2n) is 20.4. The number of nitrogens with zero attached hydrogens (tertiary/aromatic N) is 8. The number of hydrogen-bond acceptors (Lipinski definition) is 15. The molecule has 2 saturated heterocycles. The Balaban J connectivity index is 0.000000135. The molecule has 6 aromatic carbocycles. The largest absolute Gasteiger partial charge is 0.383 e. The predicted molar refractivity (Wildman–Crippen MR) is 317 cm³/mol. The number of aromatic nitrogens is 6. The fourth-order valence-electron chi connectivity index (χ4n) is 10.4. The summed E-state index contributed by atoms with van der Waals surface area (Å²) in [5.41, 5.74) is 29.0. The Hall–Kier alpha value is -8.97. The van der Waals surface area contributed by atoms with Crippen molar-refractivity contribution < 1.29 is 19.1 Å². The molecule has 3 fully saturated rings. The van der Waals surface area contributed by atoms with E-state index < -0.39 is 0 Å². The number of carbonyl (C=O) groups is 3. The molecule has 18 heteroatoms. The van der Waals surface area contributed by atoms with Crippen LogP contribution in [-0.4, -0.2) is 115 Å². The molecule has 408 valence electrons. The summed E-state index contributed by atoms with van der Waals surface area (Å²) in [6.07, 6.45) is 11.8. The van der Waals surface area contributed by atoms with E-state index in [4.69, 9.17) is 21.9 Å². The van der Waals surface area contributed by atoms with Crippen molar-refractivity contribution in [3.63, 3.8) is 0 Å². The fourth-order valence-corrected chi connectivity index (χ4v) is 10.4. The van der Waals surface area contributed by atoms with E-state index in [1.807, 2.05) is 128 Å². The molecule has 9 N–H and O–H groups in total. The molecule has 12 rings (SSSR count). The molecule has 3 amide bonds. The number of fused-ring (bicyclic) bond motifs is 3. The average Bonchev–Trinajstić information content (AvgIpc) is 4.23. The van der Waals surface area contributed by atoms with E-state index in [1.165, 1.54) is 44.7 Å². The average molecular weight is 1070 g/mol. The molecular formula is C62H66N14O4. The number of nitrogens with one attached hydrogen (secondary N) is 3. The van der Waals surface area contributed by atoms with Gasteiger partial charge in [0.1, 0.15) is 36.4 Å². The maximum absolute atomic E-state index is 12.6. The molecule has 5 heterocycles. The summed E-state index contributed by atoms with van der Waals surface area (Å²) >= 11 is 0. The lowest BCUT2D eigenvalue weighted by molar-refractivity contribution is -0.121. The molecule has 0 spiro atoms. The summed E-state index contributed by atoms with van der Waals surface area (Å²) in [6, 6.07) is 41.7. The minimum absolute atomic E-state index is 0.0230. The number of anilines is 5. The van der Waals surface area contributed by atoms with Crippen molar-refractivity contribution in [2.45, 2.75) is 64.0 Å². The van der Waals surface area contributed by atoms with Crippen molar-refractivity contribution in [3.05, 3.63) is 152 Å². The number of amides is 3. The van der Waals surface area contributed by atoms with E-state index in [0.29, 0.717) is 49.7 Å². The molecule has 1 aliphatic carbocycles. The summed E-state index contributed by atoms with van der Waals surface area (Å²) in [5.74, 6) is 1.51. The third-order valence-corrected chi connectivity index (χ3v) is 14.8. The van der Waals surface area contributed by atoms with Crippen LogP contribution in [-0.2, 0) is 25.5 Å². The van der Waals surface area contributed by atoms with Crippen LogP contribution in [0, 0.1) is 0 Å². The minimum Gasteiger partial charge on any atom is -0.383 e. The first-order valence-electron chi connectivity index (χ1n) is 27.2. The molecule has 9 aromatic rings. The molecule has 2 aliphatic heterocycles. The number of morpholine rings is 1. The zero-order chi connectivity index (χ0) is 55.4. The number of hydrogen-bond donors (Lipinski definition) is 6. The maximum Gasteiger partial charge on any atom is 0.241 e. The van der Waals surface area contributed by atoms with Gasteiger partial charge in [0.25, 0.3) is 0 Å². The number of nitrogens with two attached hydrogens (primary N) is 3. The molecule has 80 heavy (non-hydrogen) atoms. The Morgan fingerprint density at radius 3 is 1.51 bits per heavy atom. The number of benzene rings is 6. The molecule has 0 bridgehead atoms. The number of carbonyl (C=O) groups excluding carboxylic acids is 3. The quantitative estimate of drug-likeness (QED) is 0.0667. The van der Waals surface area contributed by atoms with Crippen LogP contribution in [0.15, 0.2) is 146 Å². The van der Waals surface area contributed by atoms with Crippen LogP contribution in [0.5, 0.6) is 0 Å². The Morgan fingerprint density at radius 2 is 1.00 bits per heavy atom. The second-order valence-corrected chi connectivity index (χ2v) is 20.4. The zero-order valence-electron chi connectivity index (χ0n) is 44.9. The van der Waals surface area contributed by atoms with Crippen LogP contribution in [0.2, 0.25) is 0 Å². The first kappa shape index (κ1) is 54.4. The van der Waals surface area contributed by atoms with Gasteiger partial charge in [-0.1, -0.05) is 79.6 Å². The van der Waals surface area contributed by atoms with Gasteiger partial charge < -0.3 is 37.9 Å². The van der Waals surface area contributed by atoms with Gasteiger partial charge in [0.2, 0.25) is 17.7 Å². The Kier molecular flexibility index (Phi) is 17.4. The van der Waals surface area contributed by atoms with E-state index >= 15 is 0 Å². The lowest BCUT2D eigenvalue weighted by Crippen LogP contribution is -2.41. The fraction of sp³-hybridized carbons (Fsp3) is 0.274. The molecule has 0 radical (unpaired) electrons. The third-order valence-electron chi connectivity index (χ3n) is 14.8. The van der Waals surface area contributed by atoms with Crippen LogP contribution >= 0.6 is 0 Å². The molecule has 3 aliphatic rings. The number of likely N-dealkylation sites (tertiary alicyclic amines) is 1. The normalized spacial score (nSPS) is 15.1. The van der Waals surface area contributed by atoms with E-state index in [0.717, 1.165) is 122 Å². The van der Waals surface area contributed by atoms with Crippen LogP contribution in [0.4, 0.5) is 28.8 Å². The molecular weight excluding hydrogens is 1000 g/mol. The van der Waals surface area contributed by atoms with Gasteiger partial charge in [-0.25, -0.2) is 29.9 Å². The van der Waals surface area contributed by atoms with E-state index in [9.17, 15) is 14.4 Å². The highest BCUT2D eigenvalue weighted by Gasteiger charge is 2.24. The molecule has 1 unspecified atom stereocenters. The smallest absolute Gasteiger partial charge is 0.241 e. The van der Waals surface area contributed by atoms with Gasteiger partial charge >= 0.3 is 0 Å². The van der Waals surface area contributed by atoms with Crippen molar-refractivity contribution in [3.8, 4) is 33.4 Å². The van der Waals surface area contributed by atoms with Crippen molar-refractivity contribution >= 4 is 79.3 Å². The van der Waals surface area contributed by atoms with Gasteiger partial charge in [0.15, 0.2) is 0 Å². The minimum atomic E-state index is -0.117. The van der Waals surface area contributed by atoms with Gasteiger partial charge in [-0.2, -0.15) is 0 Å². The number of rotatable bonds is 12. The van der Waals surface area contributed by atoms with Crippen LogP contribution in [0.1, 0.15) is 51.0 Å². The summed E-state index contributed by atoms with van der Waals surface area (Å²) in [6.45, 7) is 7.26. The van der Waals surface area contributed by atoms with E-state index in [2.05, 4.69) is 61.7 Å². The van der Waals surface area contributed by atoms with Crippen molar-refractivity contribution in [2.24, 2.45) is 0 Å². The highest BCUT2D eigenvalue weighted by Crippen LogP contribution is 2.31. The van der Waals surface area contributed by atoms with Crippen LogP contribution in [0.3, 0.4) is 0 Å². The first-order valence-corrected chi connectivity index (χ1v) is 27.2. The number of nitrogen functional groups attached to an aromatic ring is 3. The lowest BCUT2D eigenvalue weighted by atomic mass is 10.00. The van der Waals surface area contributed by atoms with Gasteiger partial charge in [0.05, 0.1) is 48.8 Å². The standard InChI is InChI=1S/C21H23N5O.C21H22N4O.C20H21N5O2/c1-14(26-9-2-3-10-26)21(27)25-17-6-4-5-15(11-17)16-7-8-19-18(12-16)20(22)24-13-23-19;22-21-18-12-16(8-9-19(18)23-13-24-21)15-5-3-4-14(10-15)11-20(26)25-17-6-1-2-7-17;21-20-17-11-15(4-5-18(17)22-13-23-20)14-2-1-3-16(10-14)24-19(26)12-25-6-8-27-9-7-25/h4-8,11-14H,2-3,9-10H2,1H3,(H,25,27)(H2,22,23,24);3-5,8-10,12-13,17H,1-2,6-7,11H2,(H,25,26)(H2,22,23,24);1-5,10-11,13H,6-9,12H2,(H,24,26)(H2,21,22,23). The summed E-state index contributed by atoms with van der Waals surface area (Å²) in [5, 5.41) is 11.7. The van der Waals surface area contributed by atoms with Crippen molar-refractivity contribution in [1.29, 1.82) is 0 Å². The monoisotopic (exact) mass is 1070 g/mol. The second kappa shape index (κ2) is 25.7. The molecule has 1 atom stereocenters. The van der Waals surface area contributed by atoms with Gasteiger partial charge in [-0.15, -0.1) is 0 Å². The van der Waals surface area contributed by atoms with Crippen molar-refractivity contribution in [1.82, 2.24) is 45.0 Å². The Morgan fingerprint density at radius 1 is 0.537 bits per heavy atom. The maximum atomic E-state index is 12.6. The Bertz CT molecular complexity index is 3650. The molecule has 3 aromatic heterocycles. The SMILES string of the molecule is CC(C(=O)Nc1cccc(-c2ccc3ncnc(N)c3c2)c1)N1CCCC1.Nc1ncnc2ccc(-c3cccc(CC(=O)NC4CCCC4)c3)cc12.Nc1ncnc2ccc(-c3cccc(NC(=O)CN4CCOCC4)c3)cc12. The summed E-state index contributed by atoms with van der Waals surface area (Å²) in [7, 11) is 0. The molecule has 18 nitrogen and oxygen atoms in total. The summed E-state index contributed by atoms with van der Waals surface area (Å²) in [4.78, 5) is 66.4. The first-order chi connectivity index (χ1) is 39.0. The topological polar surface area (TPSA) is 258 Å². The lowest BCUT2D eigenvalue weighted by Gasteiger charge is -2.25. The van der Waals surface area contributed by atoms with E-state index in [-0.39, 0.29) is 23.8 Å². The van der Waals surface area contributed by atoms with Gasteiger partial charge in [-0.05, 0) is 145 Å². The van der Waals surface area contributed by atoms with Crippen LogP contribution in [0.25, 0.3) is 66.1 Å². The van der Waals surface area contributed by atoms with Gasteiger partial charge in [-0.3, -0.25) is 24.2 Å². The molecule has 1 saturated carbocycles. The van der Waals surface area contributed by atoms with Crippen LogP contribution < -0.4 is 33.2 Å². The number of ether oxygens (including phenoxy) is 1. The van der Waals surface area contributed by atoms with Gasteiger partial charge in [0, 0.05) is 46.7 Å². The highest BCUT2D eigenvalue weighted by molar-refractivity contribution is 5.97. The Labute approximate surface area is 464 Å². The van der Waals surface area contributed by atoms with Crippen molar-refractivity contribution in [2.75, 3.05) is 73.8 Å². The third kappa shape index (κ3) is 13.8. The highest BCUT2D eigenvalue weighted by atomic mass is 16.5. The summed E-state index contributed by atoms with van der Waals surface area (Å²) < 4.78 is 5.31. The zero-order valence-corrected chi connectivity index (χ0v) is 44.9. The van der Waals surface area contributed by atoms with E-state index in [1.54, 1.807) is 0 Å². The predicted octanol–water partition coefficient (Wildman–Crippen LogP) is 8.93.